The van der Waals surface area contributed by atoms with E-state index in [9.17, 15) is 4.79 Å². The second kappa shape index (κ2) is 4.97. The molecule has 0 spiro atoms. The number of para-hydroxylation sites is 1. The van der Waals surface area contributed by atoms with Gasteiger partial charge < -0.3 is 4.90 Å². The lowest BCUT2D eigenvalue weighted by molar-refractivity contribution is -0.117. The van der Waals surface area contributed by atoms with Gasteiger partial charge in [-0.15, -0.1) is 6.58 Å². The highest BCUT2D eigenvalue weighted by Crippen LogP contribution is 2.47. The summed E-state index contributed by atoms with van der Waals surface area (Å²) in [6.07, 6.45) is 3.38. The monoisotopic (exact) mass is 266 g/mol. The van der Waals surface area contributed by atoms with Crippen molar-refractivity contribution in [2.75, 3.05) is 4.90 Å². The van der Waals surface area contributed by atoms with E-state index in [1.165, 1.54) is 6.08 Å². The van der Waals surface area contributed by atoms with Crippen LogP contribution >= 0.6 is 0 Å². The van der Waals surface area contributed by atoms with Gasteiger partial charge in [0.25, 0.3) is 0 Å². The van der Waals surface area contributed by atoms with Crippen molar-refractivity contribution < 1.29 is 4.79 Å². The maximum absolute atomic E-state index is 12.1. The molecule has 0 radical (unpaired) electrons. The van der Waals surface area contributed by atoms with Gasteiger partial charge in [0, 0.05) is 24.0 Å². The van der Waals surface area contributed by atoms with Gasteiger partial charge in [0.15, 0.2) is 0 Å². The fourth-order valence-electron chi connectivity index (χ4n) is 2.78. The van der Waals surface area contributed by atoms with E-state index in [-0.39, 0.29) is 17.4 Å². The highest BCUT2D eigenvalue weighted by atomic mass is 16.2. The molecule has 3 nitrogen and oxygen atoms in total. The molecule has 2 rings (SSSR count). The molecule has 0 saturated heterocycles. The van der Waals surface area contributed by atoms with Gasteiger partial charge in [-0.1, -0.05) is 38.1 Å². The first-order chi connectivity index (χ1) is 9.44. The van der Waals surface area contributed by atoms with Crippen LogP contribution in [0.2, 0.25) is 0 Å². The van der Waals surface area contributed by atoms with E-state index in [0.717, 1.165) is 16.8 Å². The Morgan fingerprint density at radius 2 is 2.10 bits per heavy atom. The second-order valence-electron chi connectivity index (χ2n) is 5.56. The number of anilines is 1. The minimum absolute atomic E-state index is 0.0290. The fraction of sp³-hybridized carbons (Fsp3) is 0.294. The molecule has 1 atom stereocenters. The lowest BCUT2D eigenvalue weighted by Gasteiger charge is -2.36. The maximum atomic E-state index is 12.1. The Morgan fingerprint density at radius 3 is 2.65 bits per heavy atom. The zero-order valence-corrected chi connectivity index (χ0v) is 12.1. The summed E-state index contributed by atoms with van der Waals surface area (Å²) in [5.74, 6) is -0.0290. The standard InChI is InChI=1S/C17H18N2O/c1-5-17(3,4)16-14(10-11-18)13-8-6-7-9-15(13)19(16)12(2)20/h5-10,16H,1H2,2-4H3/b14-10-. The SMILES string of the molecule is C=CC(C)(C)C1/C(=C\C#N)c2ccccc2N1C(C)=O. The molecule has 3 heteroatoms. The van der Waals surface area contributed by atoms with Gasteiger partial charge in [-0.3, -0.25) is 4.79 Å². The summed E-state index contributed by atoms with van der Waals surface area (Å²) in [7, 11) is 0. The average molecular weight is 266 g/mol. The molecule has 1 unspecified atom stereocenters. The number of carbonyl (C=O) groups excluding carboxylic acids is 1. The van der Waals surface area contributed by atoms with Crippen LogP contribution in [0.3, 0.4) is 0 Å². The Bertz CT molecular complexity index is 635. The molecule has 0 fully saturated rings. The molecule has 1 amide bonds. The number of nitriles is 1. The highest BCUT2D eigenvalue weighted by molar-refractivity contribution is 6.04. The first-order valence-electron chi connectivity index (χ1n) is 6.56. The van der Waals surface area contributed by atoms with Gasteiger partial charge in [-0.25, -0.2) is 0 Å². The average Bonchev–Trinajstić information content (AvgIpc) is 2.75. The number of fused-ring (bicyclic) bond motifs is 1. The Kier molecular flexibility index (Phi) is 3.50. The van der Waals surface area contributed by atoms with E-state index in [2.05, 4.69) is 12.6 Å². The van der Waals surface area contributed by atoms with E-state index in [0.29, 0.717) is 0 Å². The molecule has 0 N–H and O–H groups in total. The summed E-state index contributed by atoms with van der Waals surface area (Å²) in [4.78, 5) is 13.9. The topological polar surface area (TPSA) is 44.1 Å². The van der Waals surface area contributed by atoms with E-state index in [1.807, 2.05) is 44.2 Å². The maximum Gasteiger partial charge on any atom is 0.224 e. The minimum atomic E-state index is -0.326. The van der Waals surface area contributed by atoms with Crippen LogP contribution in [-0.2, 0) is 4.79 Å². The van der Waals surface area contributed by atoms with Gasteiger partial charge >= 0.3 is 0 Å². The van der Waals surface area contributed by atoms with Crippen molar-refractivity contribution in [1.29, 1.82) is 5.26 Å². The van der Waals surface area contributed by atoms with Crippen LogP contribution in [0.15, 0.2) is 43.0 Å². The fourth-order valence-corrected chi connectivity index (χ4v) is 2.78. The first-order valence-corrected chi connectivity index (χ1v) is 6.56. The van der Waals surface area contributed by atoms with Crippen LogP contribution < -0.4 is 4.90 Å². The third kappa shape index (κ3) is 2.04. The minimum Gasteiger partial charge on any atom is -0.304 e. The summed E-state index contributed by atoms with van der Waals surface area (Å²) in [6.45, 7) is 9.48. The number of amides is 1. The number of allylic oxidation sites excluding steroid dienone is 1. The molecule has 1 aliphatic heterocycles. The summed E-state index contributed by atoms with van der Waals surface area (Å²) in [5.41, 5.74) is 2.36. The van der Waals surface area contributed by atoms with Crippen molar-refractivity contribution in [2.45, 2.75) is 26.8 Å². The van der Waals surface area contributed by atoms with E-state index in [1.54, 1.807) is 11.8 Å². The second-order valence-corrected chi connectivity index (χ2v) is 5.56. The number of benzene rings is 1. The summed E-state index contributed by atoms with van der Waals surface area (Å²) in [5, 5.41) is 9.08. The number of nitrogens with zero attached hydrogens (tertiary/aromatic N) is 2. The van der Waals surface area contributed by atoms with E-state index < -0.39 is 0 Å². The summed E-state index contributed by atoms with van der Waals surface area (Å²) < 4.78 is 0. The number of hydrogen-bond donors (Lipinski definition) is 0. The van der Waals surface area contributed by atoms with E-state index in [4.69, 9.17) is 5.26 Å². The molecule has 0 saturated carbocycles. The lowest BCUT2D eigenvalue weighted by atomic mass is 9.79. The molecular formula is C17H18N2O. The molecular weight excluding hydrogens is 248 g/mol. The van der Waals surface area contributed by atoms with Gasteiger partial charge in [0.2, 0.25) is 5.91 Å². The number of hydrogen-bond acceptors (Lipinski definition) is 2. The lowest BCUT2D eigenvalue weighted by Crippen LogP contribution is -2.44. The number of carbonyl (C=O) groups is 1. The summed E-state index contributed by atoms with van der Waals surface area (Å²) >= 11 is 0. The normalized spacial score (nSPS) is 19.6. The smallest absolute Gasteiger partial charge is 0.224 e. The Hall–Kier alpha value is -2.34. The molecule has 0 aliphatic carbocycles. The Labute approximate surface area is 119 Å². The van der Waals surface area contributed by atoms with Gasteiger partial charge in [-0.2, -0.15) is 5.26 Å². The van der Waals surface area contributed by atoms with Crippen LogP contribution in [0.5, 0.6) is 0 Å². The van der Waals surface area contributed by atoms with Crippen LogP contribution in [-0.4, -0.2) is 11.9 Å². The van der Waals surface area contributed by atoms with Gasteiger partial charge in [-0.05, 0) is 11.6 Å². The third-order valence-corrected chi connectivity index (χ3v) is 3.82. The Morgan fingerprint density at radius 1 is 1.45 bits per heavy atom. The van der Waals surface area contributed by atoms with Crippen molar-refractivity contribution in [1.82, 2.24) is 0 Å². The highest BCUT2D eigenvalue weighted by Gasteiger charge is 2.43. The molecule has 102 valence electrons. The molecule has 1 heterocycles. The molecule has 1 aromatic rings. The largest absolute Gasteiger partial charge is 0.304 e. The predicted molar refractivity (Wildman–Crippen MR) is 81.0 cm³/mol. The molecule has 1 aromatic carbocycles. The van der Waals surface area contributed by atoms with Crippen LogP contribution in [0, 0.1) is 16.7 Å². The third-order valence-electron chi connectivity index (χ3n) is 3.82. The van der Waals surface area contributed by atoms with Crippen LogP contribution in [0.25, 0.3) is 5.57 Å². The van der Waals surface area contributed by atoms with Crippen molar-refractivity contribution in [3.8, 4) is 6.07 Å². The quantitative estimate of drug-likeness (QED) is 0.607. The van der Waals surface area contributed by atoms with Crippen molar-refractivity contribution in [3.05, 3.63) is 48.6 Å². The zero-order chi connectivity index (χ0) is 14.9. The van der Waals surface area contributed by atoms with Gasteiger partial charge in [0.05, 0.1) is 17.8 Å². The van der Waals surface area contributed by atoms with Crippen LogP contribution in [0.4, 0.5) is 5.69 Å². The van der Waals surface area contributed by atoms with E-state index >= 15 is 0 Å². The molecule has 0 bridgehead atoms. The van der Waals surface area contributed by atoms with Gasteiger partial charge in [0.1, 0.15) is 0 Å². The first kappa shape index (κ1) is 14.1. The molecule has 1 aliphatic rings. The zero-order valence-electron chi connectivity index (χ0n) is 12.1. The van der Waals surface area contributed by atoms with Crippen molar-refractivity contribution >= 4 is 17.2 Å². The predicted octanol–water partition coefficient (Wildman–Crippen LogP) is 3.54. The summed E-state index contributed by atoms with van der Waals surface area (Å²) in [6, 6.07) is 9.60. The molecule has 0 aromatic heterocycles. The van der Waals surface area contributed by atoms with Crippen molar-refractivity contribution in [3.63, 3.8) is 0 Å². The van der Waals surface area contributed by atoms with Crippen molar-refractivity contribution in [2.24, 2.45) is 5.41 Å². The molecule has 20 heavy (non-hydrogen) atoms. The number of rotatable bonds is 2. The van der Waals surface area contributed by atoms with Crippen LogP contribution in [0.1, 0.15) is 26.3 Å². The Balaban J connectivity index is 2.73.